The van der Waals surface area contributed by atoms with Crippen molar-refractivity contribution in [3.8, 4) is 0 Å². The molecule has 6 rings (SSSR count). The zero-order valence-electron chi connectivity index (χ0n) is 24.8. The second-order valence-electron chi connectivity index (χ2n) is 12.7. The molecule has 3 aromatic rings. The van der Waals surface area contributed by atoms with E-state index in [4.69, 9.17) is 4.98 Å². The SMILES string of the molecule is O=C(O)CC1CCCCC1N1CC(CN2CCC(N(CCc3ccccc3)c3nccs3)CC2)C(c2ccccc2)C1. The molecule has 0 bridgehead atoms. The van der Waals surface area contributed by atoms with Crippen LogP contribution in [0.2, 0.25) is 0 Å². The Morgan fingerprint density at radius 2 is 1.67 bits per heavy atom. The van der Waals surface area contributed by atoms with Crippen LogP contribution >= 0.6 is 11.3 Å². The molecule has 3 aliphatic rings. The smallest absolute Gasteiger partial charge is 0.303 e. The minimum absolute atomic E-state index is 0.287. The summed E-state index contributed by atoms with van der Waals surface area (Å²) in [5.41, 5.74) is 2.83. The van der Waals surface area contributed by atoms with Crippen LogP contribution < -0.4 is 4.90 Å². The molecule has 42 heavy (non-hydrogen) atoms. The Morgan fingerprint density at radius 1 is 0.929 bits per heavy atom. The molecule has 2 saturated heterocycles. The van der Waals surface area contributed by atoms with Crippen LogP contribution in [-0.2, 0) is 11.2 Å². The summed E-state index contributed by atoms with van der Waals surface area (Å²) < 4.78 is 0. The molecule has 3 heterocycles. The van der Waals surface area contributed by atoms with E-state index in [-0.39, 0.29) is 5.92 Å². The number of carboxylic acid groups (broad SMARTS) is 1. The number of carbonyl (C=O) groups is 1. The number of benzene rings is 2. The summed E-state index contributed by atoms with van der Waals surface area (Å²) in [5.74, 6) is 0.731. The van der Waals surface area contributed by atoms with Gasteiger partial charge in [-0.3, -0.25) is 9.69 Å². The van der Waals surface area contributed by atoms with Gasteiger partial charge in [0.25, 0.3) is 0 Å². The predicted octanol–water partition coefficient (Wildman–Crippen LogP) is 6.41. The van der Waals surface area contributed by atoms with Crippen molar-refractivity contribution < 1.29 is 9.90 Å². The van der Waals surface area contributed by atoms with Gasteiger partial charge < -0.3 is 14.9 Å². The molecule has 0 spiro atoms. The largest absolute Gasteiger partial charge is 0.481 e. The summed E-state index contributed by atoms with van der Waals surface area (Å²) in [5, 5.41) is 12.9. The van der Waals surface area contributed by atoms with Crippen LogP contribution in [0.1, 0.15) is 62.0 Å². The Kier molecular flexibility index (Phi) is 9.89. The van der Waals surface area contributed by atoms with Crippen LogP contribution in [-0.4, -0.2) is 77.2 Å². The Morgan fingerprint density at radius 3 is 2.38 bits per heavy atom. The molecule has 3 fully saturated rings. The number of aromatic nitrogens is 1. The van der Waals surface area contributed by atoms with Gasteiger partial charge in [0.15, 0.2) is 5.13 Å². The van der Waals surface area contributed by atoms with Crippen LogP contribution in [0, 0.1) is 11.8 Å². The molecule has 1 saturated carbocycles. The van der Waals surface area contributed by atoms with E-state index in [2.05, 4.69) is 80.7 Å². The summed E-state index contributed by atoms with van der Waals surface area (Å²) in [6.45, 7) is 6.53. The standard InChI is InChI=1S/C35H46N4O2S/c40-34(41)23-29-13-7-8-14-33(29)38-25-30(32(26-38)28-11-5-2-6-12-28)24-37-19-16-31(17-20-37)39(35-36-18-22-42-35)21-15-27-9-3-1-4-10-27/h1-6,9-12,18,22,29-33H,7-8,13-17,19-21,23-26H2,(H,40,41). The molecular weight excluding hydrogens is 540 g/mol. The number of hydrogen-bond donors (Lipinski definition) is 1. The highest BCUT2D eigenvalue weighted by Crippen LogP contribution is 2.40. The second-order valence-corrected chi connectivity index (χ2v) is 13.6. The fourth-order valence-electron chi connectivity index (χ4n) is 8.00. The molecule has 0 amide bonds. The monoisotopic (exact) mass is 586 g/mol. The van der Waals surface area contributed by atoms with E-state index < -0.39 is 5.97 Å². The number of anilines is 1. The third kappa shape index (κ3) is 7.24. The normalized spacial score (nSPS) is 25.9. The van der Waals surface area contributed by atoms with Crippen molar-refractivity contribution in [2.45, 2.75) is 69.4 Å². The maximum absolute atomic E-state index is 11.7. The van der Waals surface area contributed by atoms with Crippen LogP contribution in [0.4, 0.5) is 5.13 Å². The minimum Gasteiger partial charge on any atom is -0.481 e. The zero-order chi connectivity index (χ0) is 28.7. The van der Waals surface area contributed by atoms with Crippen LogP contribution in [0.3, 0.4) is 0 Å². The molecule has 2 aromatic carbocycles. The van der Waals surface area contributed by atoms with Gasteiger partial charge in [0, 0.05) is 75.3 Å². The van der Waals surface area contributed by atoms with E-state index in [1.165, 1.54) is 36.8 Å². The Hall–Kier alpha value is -2.74. The molecule has 1 aromatic heterocycles. The first kappa shape index (κ1) is 29.3. The first-order chi connectivity index (χ1) is 20.6. The quantitative estimate of drug-likeness (QED) is 0.280. The van der Waals surface area contributed by atoms with Gasteiger partial charge in [-0.05, 0) is 55.1 Å². The molecule has 224 valence electrons. The lowest BCUT2D eigenvalue weighted by atomic mass is 9.81. The summed E-state index contributed by atoms with van der Waals surface area (Å²) in [6.07, 6.45) is 10.2. The highest BCUT2D eigenvalue weighted by atomic mass is 32.1. The van der Waals surface area contributed by atoms with Crippen LogP contribution in [0.25, 0.3) is 0 Å². The van der Waals surface area contributed by atoms with Crippen LogP contribution in [0.5, 0.6) is 0 Å². The molecule has 2 aliphatic heterocycles. The lowest BCUT2D eigenvalue weighted by Crippen LogP contribution is -2.47. The summed E-state index contributed by atoms with van der Waals surface area (Å²) >= 11 is 1.76. The van der Waals surface area contributed by atoms with Gasteiger partial charge in [-0.1, -0.05) is 73.5 Å². The Balaban J connectivity index is 1.10. The van der Waals surface area contributed by atoms with Gasteiger partial charge in [-0.25, -0.2) is 4.98 Å². The number of hydrogen-bond acceptors (Lipinski definition) is 6. The van der Waals surface area contributed by atoms with Crippen molar-refractivity contribution in [2.75, 3.05) is 44.2 Å². The van der Waals surface area contributed by atoms with Crippen molar-refractivity contribution in [3.05, 3.63) is 83.4 Å². The van der Waals surface area contributed by atoms with E-state index in [1.54, 1.807) is 11.3 Å². The van der Waals surface area contributed by atoms with Crippen molar-refractivity contribution in [2.24, 2.45) is 11.8 Å². The molecule has 4 atom stereocenters. The van der Waals surface area contributed by atoms with E-state index in [0.717, 1.165) is 63.7 Å². The number of thiazole rings is 1. The highest BCUT2D eigenvalue weighted by molar-refractivity contribution is 7.13. The molecule has 6 nitrogen and oxygen atoms in total. The van der Waals surface area contributed by atoms with Crippen molar-refractivity contribution >= 4 is 22.4 Å². The zero-order valence-corrected chi connectivity index (χ0v) is 25.6. The number of piperidine rings is 1. The maximum atomic E-state index is 11.7. The van der Waals surface area contributed by atoms with Crippen molar-refractivity contribution in [3.63, 3.8) is 0 Å². The fraction of sp³-hybridized carbons (Fsp3) is 0.543. The molecule has 1 aliphatic carbocycles. The summed E-state index contributed by atoms with van der Waals surface area (Å²) in [4.78, 5) is 24.4. The number of carboxylic acids is 1. The summed E-state index contributed by atoms with van der Waals surface area (Å²) in [7, 11) is 0. The van der Waals surface area contributed by atoms with Gasteiger partial charge in [-0.15, -0.1) is 11.3 Å². The number of aliphatic carboxylic acids is 1. The van der Waals surface area contributed by atoms with Crippen molar-refractivity contribution in [1.82, 2.24) is 14.8 Å². The predicted molar refractivity (Wildman–Crippen MR) is 171 cm³/mol. The first-order valence-electron chi connectivity index (χ1n) is 16.1. The van der Waals surface area contributed by atoms with Gasteiger partial charge in [0.2, 0.25) is 0 Å². The molecular formula is C35H46N4O2S. The van der Waals surface area contributed by atoms with E-state index >= 15 is 0 Å². The lowest BCUT2D eigenvalue weighted by molar-refractivity contribution is -0.139. The van der Waals surface area contributed by atoms with E-state index in [0.29, 0.717) is 30.3 Å². The van der Waals surface area contributed by atoms with Crippen molar-refractivity contribution in [1.29, 1.82) is 0 Å². The number of rotatable bonds is 11. The number of nitrogens with zero attached hydrogens (tertiary/aromatic N) is 4. The Bertz CT molecular complexity index is 1230. The average Bonchev–Trinajstić information content (AvgIpc) is 3.70. The average molecular weight is 587 g/mol. The fourth-order valence-corrected chi connectivity index (χ4v) is 8.74. The Labute approximate surface area is 255 Å². The van der Waals surface area contributed by atoms with E-state index in [1.807, 2.05) is 6.20 Å². The maximum Gasteiger partial charge on any atom is 0.303 e. The van der Waals surface area contributed by atoms with E-state index in [9.17, 15) is 9.90 Å². The van der Waals surface area contributed by atoms with Gasteiger partial charge in [0.1, 0.15) is 0 Å². The van der Waals surface area contributed by atoms with Gasteiger partial charge in [0.05, 0.1) is 0 Å². The second kappa shape index (κ2) is 14.2. The lowest BCUT2D eigenvalue weighted by Gasteiger charge is -2.40. The highest BCUT2D eigenvalue weighted by Gasteiger charge is 2.41. The van der Waals surface area contributed by atoms with Crippen LogP contribution in [0.15, 0.2) is 72.2 Å². The first-order valence-corrected chi connectivity index (χ1v) is 16.9. The molecule has 1 N–H and O–H groups in total. The summed E-state index contributed by atoms with van der Waals surface area (Å²) in [6, 6.07) is 22.8. The molecule has 0 radical (unpaired) electrons. The third-order valence-electron chi connectivity index (χ3n) is 10.1. The van der Waals surface area contributed by atoms with Gasteiger partial charge in [-0.2, -0.15) is 0 Å². The van der Waals surface area contributed by atoms with Gasteiger partial charge >= 0.3 is 5.97 Å². The molecule has 7 heteroatoms. The third-order valence-corrected chi connectivity index (χ3v) is 10.9. The number of likely N-dealkylation sites (tertiary alicyclic amines) is 2. The molecule has 4 unspecified atom stereocenters. The minimum atomic E-state index is -0.638. The topological polar surface area (TPSA) is 59.9 Å².